The van der Waals surface area contributed by atoms with Crippen LogP contribution in [0.4, 0.5) is 19.0 Å². The Balaban J connectivity index is 1.41. The van der Waals surface area contributed by atoms with E-state index in [0.29, 0.717) is 24.0 Å². The Bertz CT molecular complexity index is 1560. The lowest BCUT2D eigenvalue weighted by atomic mass is 9.72. The number of aliphatic imine (C=N–C) groups is 1. The number of aliphatic hydroxyl groups is 2. The largest absolute Gasteiger partial charge is 0.508 e. The average molecular weight is 618 g/mol. The van der Waals surface area contributed by atoms with Gasteiger partial charge in [0.1, 0.15) is 29.5 Å². The zero-order chi connectivity index (χ0) is 30.4. The molecule has 1 fully saturated rings. The maximum absolute atomic E-state index is 13.5. The summed E-state index contributed by atoms with van der Waals surface area (Å²) in [7, 11) is 0. The second-order valence-electron chi connectivity index (χ2n) is 11.4. The first-order valence-electron chi connectivity index (χ1n) is 14.3. The number of allylic oxidation sites excluding steroid dienone is 2. The van der Waals surface area contributed by atoms with Crippen molar-refractivity contribution in [2.45, 2.75) is 75.2 Å². The Labute approximate surface area is 250 Å². The maximum atomic E-state index is 13.5. The number of aromatic nitrogens is 6. The van der Waals surface area contributed by atoms with Gasteiger partial charge in [-0.2, -0.15) is 13.2 Å². The number of nitrogens with one attached hydrogen (secondary N) is 1. The predicted molar refractivity (Wildman–Crippen MR) is 156 cm³/mol. The maximum Gasteiger partial charge on any atom is 0.408 e. The van der Waals surface area contributed by atoms with Gasteiger partial charge < -0.3 is 25.0 Å². The Morgan fingerprint density at radius 3 is 2.79 bits per heavy atom. The van der Waals surface area contributed by atoms with Gasteiger partial charge in [-0.25, -0.2) is 9.97 Å². The van der Waals surface area contributed by atoms with Crippen LogP contribution in [0.1, 0.15) is 63.6 Å². The van der Waals surface area contributed by atoms with Gasteiger partial charge in [-0.15, -0.1) is 21.5 Å². The molecule has 0 radical (unpaired) electrons. The second-order valence-corrected chi connectivity index (χ2v) is 12.2. The van der Waals surface area contributed by atoms with Gasteiger partial charge in [0, 0.05) is 30.3 Å². The molecule has 0 amide bonds. The summed E-state index contributed by atoms with van der Waals surface area (Å²) in [5.41, 5.74) is -1.19. The van der Waals surface area contributed by atoms with E-state index in [0.717, 1.165) is 67.0 Å². The first kappa shape index (κ1) is 29.4. The molecule has 5 heterocycles. The third-order valence-electron chi connectivity index (χ3n) is 8.70. The molecule has 1 aliphatic carbocycles. The van der Waals surface area contributed by atoms with E-state index in [1.165, 1.54) is 0 Å². The van der Waals surface area contributed by atoms with Crippen LogP contribution >= 0.6 is 11.3 Å². The summed E-state index contributed by atoms with van der Waals surface area (Å²) in [6, 6.07) is -1.83. The molecule has 3 N–H and O–H groups in total. The third-order valence-corrected chi connectivity index (χ3v) is 9.54. The van der Waals surface area contributed by atoms with E-state index in [1.54, 1.807) is 24.8 Å². The molecule has 3 atom stereocenters. The molecule has 0 saturated heterocycles. The van der Waals surface area contributed by atoms with E-state index >= 15 is 0 Å². The van der Waals surface area contributed by atoms with Crippen molar-refractivity contribution in [3.05, 3.63) is 53.7 Å². The van der Waals surface area contributed by atoms with Crippen molar-refractivity contribution in [1.82, 2.24) is 34.2 Å². The summed E-state index contributed by atoms with van der Waals surface area (Å²) in [6.07, 6.45) is 10.8. The molecule has 2 aliphatic heterocycles. The van der Waals surface area contributed by atoms with E-state index in [1.807, 2.05) is 21.9 Å². The molecule has 11 nitrogen and oxygen atoms in total. The molecule has 6 rings (SSSR count). The highest BCUT2D eigenvalue weighted by atomic mass is 32.1. The van der Waals surface area contributed by atoms with Crippen LogP contribution in [0.15, 0.2) is 53.0 Å². The van der Waals surface area contributed by atoms with E-state index < -0.39 is 23.3 Å². The third kappa shape index (κ3) is 5.01. The van der Waals surface area contributed by atoms with Gasteiger partial charge >= 0.3 is 6.18 Å². The van der Waals surface area contributed by atoms with Crippen molar-refractivity contribution in [1.29, 1.82) is 0 Å². The van der Waals surface area contributed by atoms with Crippen LogP contribution in [0.2, 0.25) is 0 Å². The van der Waals surface area contributed by atoms with E-state index in [2.05, 4.69) is 36.6 Å². The summed E-state index contributed by atoms with van der Waals surface area (Å²) in [5.74, 6) is 0.712. The predicted octanol–water partition coefficient (Wildman–Crippen LogP) is 5.01. The fourth-order valence-corrected chi connectivity index (χ4v) is 6.69. The van der Waals surface area contributed by atoms with Crippen molar-refractivity contribution in [2.24, 2.45) is 4.99 Å². The molecule has 0 aromatic carbocycles. The Morgan fingerprint density at radius 1 is 1.23 bits per heavy atom. The van der Waals surface area contributed by atoms with Gasteiger partial charge in [0.15, 0.2) is 16.4 Å². The van der Waals surface area contributed by atoms with Crippen molar-refractivity contribution in [3.8, 4) is 10.8 Å². The van der Waals surface area contributed by atoms with Crippen LogP contribution in [-0.4, -0.2) is 82.0 Å². The minimum Gasteiger partial charge on any atom is -0.508 e. The van der Waals surface area contributed by atoms with Gasteiger partial charge in [-0.3, -0.25) is 9.56 Å². The van der Waals surface area contributed by atoms with Crippen molar-refractivity contribution in [3.63, 3.8) is 0 Å². The van der Waals surface area contributed by atoms with E-state index in [-0.39, 0.29) is 29.7 Å². The number of imidazole rings is 1. The number of hydrogen-bond donors (Lipinski definition) is 3. The molecule has 3 aromatic heterocycles. The number of thiazole rings is 1. The molecule has 3 aromatic rings. The van der Waals surface area contributed by atoms with Crippen LogP contribution < -0.4 is 5.32 Å². The quantitative estimate of drug-likeness (QED) is 0.306. The molecular weight excluding hydrogens is 583 g/mol. The highest BCUT2D eigenvalue weighted by Crippen LogP contribution is 2.46. The summed E-state index contributed by atoms with van der Waals surface area (Å²) in [5, 5.41) is 36.0. The summed E-state index contributed by atoms with van der Waals surface area (Å²) >= 11 is 1.13. The second kappa shape index (κ2) is 11.1. The molecule has 15 heteroatoms. The van der Waals surface area contributed by atoms with Crippen LogP contribution in [-0.2, 0) is 5.54 Å². The van der Waals surface area contributed by atoms with Crippen LogP contribution in [0, 0.1) is 0 Å². The molecule has 3 aliphatic rings. The Hall–Kier alpha value is -3.72. The minimum absolute atomic E-state index is 0.00377. The fraction of sp³-hybridized carbons (Fsp3) is 0.536. The number of rotatable bonds is 9. The topological polar surface area (TPSA) is 130 Å². The van der Waals surface area contributed by atoms with Gasteiger partial charge in [-0.05, 0) is 52.2 Å². The van der Waals surface area contributed by atoms with Crippen LogP contribution in [0.25, 0.3) is 10.8 Å². The average Bonchev–Trinajstić information content (AvgIpc) is 3.36. The Morgan fingerprint density at radius 2 is 2.05 bits per heavy atom. The number of aliphatic hydroxyl groups excluding tert-OH is 2. The number of nitrogens with zero attached hydrogens (tertiary/aromatic N) is 8. The SMILES string of the molecule is CC1=C(O)[C@@](CNc2csc(-c3nncn3C(C)C(F)(F)F)n2)(n2cnc(C3CC3)c2)C(CO)(N2C=CCCCC2)C=N1. The lowest BCUT2D eigenvalue weighted by molar-refractivity contribution is -0.162. The van der Waals surface area contributed by atoms with Gasteiger partial charge in [0.05, 0.1) is 30.9 Å². The van der Waals surface area contributed by atoms with Gasteiger partial charge in [0.25, 0.3) is 0 Å². The normalized spacial score (nSPS) is 25.3. The smallest absolute Gasteiger partial charge is 0.408 e. The van der Waals surface area contributed by atoms with Crippen molar-refractivity contribution in [2.75, 3.05) is 25.0 Å². The highest BCUT2D eigenvalue weighted by molar-refractivity contribution is 7.13. The number of halogens is 3. The van der Waals surface area contributed by atoms with Gasteiger partial charge in [0.2, 0.25) is 0 Å². The first-order chi connectivity index (χ1) is 20.6. The Kier molecular flexibility index (Phi) is 7.57. The zero-order valence-electron chi connectivity index (χ0n) is 23.9. The molecule has 2 unspecified atom stereocenters. The first-order valence-corrected chi connectivity index (χ1v) is 15.2. The minimum atomic E-state index is -4.48. The molecule has 230 valence electrons. The van der Waals surface area contributed by atoms with E-state index in [4.69, 9.17) is 0 Å². The standard InChI is InChI=1S/C28H34F3N9O2S/c1-18-23(42)27(39-11-21(34-16-39)20-7-8-20,26(15-41,13-32-18)38-9-5-3-4-6-10-38)14-33-22-12-43-25(36-22)24-37-35-17-40(24)19(2)28(29,30)31/h5,9,11-13,16-17,19-20,33,41-42H,3-4,6-8,10,14-15H2,1-2H3/t19?,26?,27-/m1/s1. The fourth-order valence-electron chi connectivity index (χ4n) is 5.93. The van der Waals surface area contributed by atoms with Gasteiger partial charge in [-0.1, -0.05) is 6.08 Å². The number of hydrogen-bond acceptors (Lipinski definition) is 10. The van der Waals surface area contributed by atoms with E-state index in [9.17, 15) is 23.4 Å². The lowest BCUT2D eigenvalue weighted by Crippen LogP contribution is -2.71. The van der Waals surface area contributed by atoms with Crippen molar-refractivity contribution < 1.29 is 23.4 Å². The molecule has 43 heavy (non-hydrogen) atoms. The molecular formula is C28H34F3N9O2S. The monoisotopic (exact) mass is 617 g/mol. The number of anilines is 1. The van der Waals surface area contributed by atoms with Crippen molar-refractivity contribution >= 4 is 23.4 Å². The summed E-state index contributed by atoms with van der Waals surface area (Å²) in [6.45, 7) is 3.09. The summed E-state index contributed by atoms with van der Waals surface area (Å²) < 4.78 is 43.2. The number of alkyl halides is 3. The summed E-state index contributed by atoms with van der Waals surface area (Å²) in [4.78, 5) is 15.8. The zero-order valence-corrected chi connectivity index (χ0v) is 24.7. The molecule has 1 saturated carbocycles. The highest BCUT2D eigenvalue weighted by Gasteiger charge is 2.60. The van der Waals surface area contributed by atoms with Crippen LogP contribution in [0.3, 0.4) is 0 Å². The lowest BCUT2D eigenvalue weighted by Gasteiger charge is -2.54. The molecule has 0 spiro atoms. The van der Waals surface area contributed by atoms with Crippen LogP contribution in [0.5, 0.6) is 0 Å². The molecule has 0 bridgehead atoms.